The fourth-order valence-corrected chi connectivity index (χ4v) is 3.97. The molecule has 3 rings (SSSR count). The molecule has 0 saturated heterocycles. The van der Waals surface area contributed by atoms with Crippen LogP contribution < -0.4 is 5.73 Å². The summed E-state index contributed by atoms with van der Waals surface area (Å²) in [5.41, 5.74) is 6.83. The molecule has 1 fully saturated rings. The normalized spacial score (nSPS) is 16.9. The number of rotatable bonds is 3. The maximum absolute atomic E-state index is 5.77. The molecule has 0 aliphatic heterocycles. The van der Waals surface area contributed by atoms with Crippen LogP contribution in [-0.2, 0) is 13.6 Å². The van der Waals surface area contributed by atoms with Crippen molar-refractivity contribution in [2.75, 3.05) is 0 Å². The van der Waals surface area contributed by atoms with Gasteiger partial charge in [-0.1, -0.05) is 19.3 Å². The van der Waals surface area contributed by atoms with E-state index in [2.05, 4.69) is 4.98 Å². The Bertz CT molecular complexity index is 552. The molecular formula is C14H20N4S. The summed E-state index contributed by atoms with van der Waals surface area (Å²) in [5, 5.41) is 1.03. The summed E-state index contributed by atoms with van der Waals surface area (Å²) in [6.07, 6.45) is 10.4. The third-order valence-electron chi connectivity index (χ3n) is 3.88. The molecule has 2 aromatic rings. The second-order valence-corrected chi connectivity index (χ2v) is 6.34. The van der Waals surface area contributed by atoms with E-state index in [1.165, 1.54) is 37.0 Å². The molecule has 4 nitrogen and oxygen atoms in total. The molecule has 0 radical (unpaired) electrons. The zero-order chi connectivity index (χ0) is 13.2. The van der Waals surface area contributed by atoms with Crippen LogP contribution in [0.2, 0.25) is 0 Å². The molecule has 2 N–H and O–H groups in total. The van der Waals surface area contributed by atoms with Gasteiger partial charge in [-0.25, -0.2) is 9.97 Å². The molecule has 5 heteroatoms. The van der Waals surface area contributed by atoms with Gasteiger partial charge in [0.25, 0.3) is 0 Å². The number of aromatic nitrogens is 3. The topological polar surface area (TPSA) is 56.7 Å². The number of nitrogens with two attached hydrogens (primary N) is 1. The standard InChI is InChI=1S/C14H20N4S/c1-18-8-7-16-14(18)12-13(19-11(9-15)17-12)10-5-3-2-4-6-10/h7-8,10H,2-6,9,15H2,1H3. The molecule has 1 aliphatic rings. The van der Waals surface area contributed by atoms with Crippen LogP contribution in [0.4, 0.5) is 0 Å². The number of nitrogens with zero attached hydrogens (tertiary/aromatic N) is 3. The van der Waals surface area contributed by atoms with Crippen LogP contribution in [-0.4, -0.2) is 14.5 Å². The Morgan fingerprint density at radius 1 is 1.37 bits per heavy atom. The van der Waals surface area contributed by atoms with Gasteiger partial charge in [0.05, 0.1) is 0 Å². The minimum absolute atomic E-state index is 0.523. The Labute approximate surface area is 117 Å². The Kier molecular flexibility index (Phi) is 3.66. The third kappa shape index (κ3) is 2.44. The Hall–Kier alpha value is -1.20. The summed E-state index contributed by atoms with van der Waals surface area (Å²) in [5.74, 6) is 1.62. The second kappa shape index (κ2) is 5.43. The number of imidazole rings is 1. The minimum Gasteiger partial charge on any atom is -0.333 e. The summed E-state index contributed by atoms with van der Waals surface area (Å²) in [4.78, 5) is 10.6. The van der Waals surface area contributed by atoms with Crippen molar-refractivity contribution >= 4 is 11.3 Å². The van der Waals surface area contributed by atoms with E-state index in [1.807, 2.05) is 24.0 Å². The highest BCUT2D eigenvalue weighted by atomic mass is 32.1. The van der Waals surface area contributed by atoms with E-state index < -0.39 is 0 Å². The monoisotopic (exact) mass is 276 g/mol. The van der Waals surface area contributed by atoms with Gasteiger partial charge in [0.15, 0.2) is 5.82 Å². The van der Waals surface area contributed by atoms with Crippen LogP contribution in [0.15, 0.2) is 12.4 Å². The summed E-state index contributed by atoms with van der Waals surface area (Å²) in [6, 6.07) is 0. The lowest BCUT2D eigenvalue weighted by molar-refractivity contribution is 0.448. The predicted molar refractivity (Wildman–Crippen MR) is 78.0 cm³/mol. The van der Waals surface area contributed by atoms with E-state index in [1.54, 1.807) is 11.3 Å². The number of thiazole rings is 1. The maximum atomic E-state index is 5.77. The molecule has 0 amide bonds. The first-order valence-corrected chi connectivity index (χ1v) is 7.78. The lowest BCUT2D eigenvalue weighted by Gasteiger charge is -2.21. The molecule has 0 spiro atoms. The summed E-state index contributed by atoms with van der Waals surface area (Å²) < 4.78 is 2.04. The highest BCUT2D eigenvalue weighted by Crippen LogP contribution is 2.40. The first-order chi connectivity index (χ1) is 9.29. The largest absolute Gasteiger partial charge is 0.333 e. The summed E-state index contributed by atoms with van der Waals surface area (Å²) in [6.45, 7) is 0.523. The molecule has 19 heavy (non-hydrogen) atoms. The van der Waals surface area contributed by atoms with E-state index in [4.69, 9.17) is 10.7 Å². The third-order valence-corrected chi connectivity index (χ3v) is 5.12. The quantitative estimate of drug-likeness (QED) is 0.937. The highest BCUT2D eigenvalue weighted by molar-refractivity contribution is 7.12. The predicted octanol–water partition coefficient (Wildman–Crippen LogP) is 3.05. The van der Waals surface area contributed by atoms with Crippen molar-refractivity contribution in [1.82, 2.24) is 14.5 Å². The van der Waals surface area contributed by atoms with Gasteiger partial charge in [0.1, 0.15) is 10.7 Å². The molecule has 102 valence electrons. The lowest BCUT2D eigenvalue weighted by atomic mass is 9.87. The van der Waals surface area contributed by atoms with Crippen LogP contribution >= 0.6 is 11.3 Å². The number of hydrogen-bond acceptors (Lipinski definition) is 4. The van der Waals surface area contributed by atoms with Crippen molar-refractivity contribution in [2.45, 2.75) is 44.6 Å². The van der Waals surface area contributed by atoms with Crippen molar-refractivity contribution in [3.05, 3.63) is 22.3 Å². The lowest BCUT2D eigenvalue weighted by Crippen LogP contribution is -2.05. The molecule has 2 heterocycles. The van der Waals surface area contributed by atoms with Gasteiger partial charge in [-0.2, -0.15) is 0 Å². The molecule has 1 saturated carbocycles. The molecule has 0 aromatic carbocycles. The SMILES string of the molecule is Cn1ccnc1-c1nc(CN)sc1C1CCCCC1. The fourth-order valence-electron chi connectivity index (χ4n) is 2.86. The van der Waals surface area contributed by atoms with Crippen molar-refractivity contribution in [3.8, 4) is 11.5 Å². The summed E-state index contributed by atoms with van der Waals surface area (Å²) >= 11 is 1.78. The van der Waals surface area contributed by atoms with E-state index in [-0.39, 0.29) is 0 Å². The van der Waals surface area contributed by atoms with Gasteiger partial charge < -0.3 is 10.3 Å². The Balaban J connectivity index is 2.02. The van der Waals surface area contributed by atoms with E-state index in [9.17, 15) is 0 Å². The van der Waals surface area contributed by atoms with E-state index in [0.717, 1.165) is 16.5 Å². The van der Waals surface area contributed by atoms with Crippen molar-refractivity contribution in [2.24, 2.45) is 12.8 Å². The number of aryl methyl sites for hydroxylation is 1. The first kappa shape index (κ1) is 12.8. The molecule has 0 bridgehead atoms. The molecule has 0 atom stereocenters. The average molecular weight is 276 g/mol. The van der Waals surface area contributed by atoms with Crippen LogP contribution in [0.3, 0.4) is 0 Å². The molecular weight excluding hydrogens is 256 g/mol. The fraction of sp³-hybridized carbons (Fsp3) is 0.571. The zero-order valence-corrected chi connectivity index (χ0v) is 12.1. The van der Waals surface area contributed by atoms with Gasteiger partial charge in [-0.3, -0.25) is 0 Å². The van der Waals surface area contributed by atoms with Crippen molar-refractivity contribution in [3.63, 3.8) is 0 Å². The van der Waals surface area contributed by atoms with Gasteiger partial charge in [0, 0.05) is 30.9 Å². The molecule has 1 aliphatic carbocycles. The van der Waals surface area contributed by atoms with Crippen LogP contribution in [0, 0.1) is 0 Å². The smallest absolute Gasteiger partial charge is 0.159 e. The van der Waals surface area contributed by atoms with E-state index >= 15 is 0 Å². The maximum Gasteiger partial charge on any atom is 0.159 e. The van der Waals surface area contributed by atoms with Gasteiger partial charge in [0.2, 0.25) is 0 Å². The first-order valence-electron chi connectivity index (χ1n) is 6.97. The van der Waals surface area contributed by atoms with Crippen molar-refractivity contribution in [1.29, 1.82) is 0 Å². The van der Waals surface area contributed by atoms with Crippen LogP contribution in [0.25, 0.3) is 11.5 Å². The van der Waals surface area contributed by atoms with Gasteiger partial charge >= 0.3 is 0 Å². The average Bonchev–Trinajstić information content (AvgIpc) is 3.05. The van der Waals surface area contributed by atoms with Gasteiger partial charge in [-0.05, 0) is 18.8 Å². The zero-order valence-electron chi connectivity index (χ0n) is 11.3. The van der Waals surface area contributed by atoms with Gasteiger partial charge in [-0.15, -0.1) is 11.3 Å². The second-order valence-electron chi connectivity index (χ2n) is 5.22. The molecule has 2 aromatic heterocycles. The minimum atomic E-state index is 0.523. The van der Waals surface area contributed by atoms with Crippen LogP contribution in [0.1, 0.15) is 47.9 Å². The Morgan fingerprint density at radius 3 is 2.79 bits per heavy atom. The molecule has 0 unspecified atom stereocenters. The van der Waals surface area contributed by atoms with Crippen LogP contribution in [0.5, 0.6) is 0 Å². The van der Waals surface area contributed by atoms with E-state index in [0.29, 0.717) is 12.5 Å². The Morgan fingerprint density at radius 2 is 2.16 bits per heavy atom. The van der Waals surface area contributed by atoms with Crippen molar-refractivity contribution < 1.29 is 0 Å². The highest BCUT2D eigenvalue weighted by Gasteiger charge is 2.24. The number of hydrogen-bond donors (Lipinski definition) is 1. The summed E-state index contributed by atoms with van der Waals surface area (Å²) in [7, 11) is 2.02.